The Morgan fingerprint density at radius 3 is 2.02 bits per heavy atom. The molecule has 1 fully saturated rings. The highest BCUT2D eigenvalue weighted by Gasteiger charge is 2.36. The highest BCUT2D eigenvalue weighted by molar-refractivity contribution is 6.43. The fraction of sp³-hybridized carbons (Fsp3) is 0.138. The summed E-state index contributed by atoms with van der Waals surface area (Å²) >= 11 is 0. The second kappa shape index (κ2) is 9.70. The number of hydrogen-bond donors (Lipinski definition) is 0. The van der Waals surface area contributed by atoms with Crippen molar-refractivity contribution in [2.24, 2.45) is 0 Å². The Labute approximate surface area is 226 Å². The summed E-state index contributed by atoms with van der Waals surface area (Å²) in [6.07, 6.45) is 1.32. The molecule has 40 heavy (non-hydrogen) atoms. The predicted octanol–water partition coefficient (Wildman–Crippen LogP) is 2.67. The lowest BCUT2D eigenvalue weighted by atomic mass is 10.1. The third-order valence-corrected chi connectivity index (χ3v) is 6.79. The maximum atomic E-state index is 13.0. The van der Waals surface area contributed by atoms with Crippen LogP contribution in [0.3, 0.4) is 0 Å². The molecule has 11 heteroatoms. The summed E-state index contributed by atoms with van der Waals surface area (Å²) in [6, 6.07) is 18.8. The molecule has 0 atom stereocenters. The molecule has 0 saturated carbocycles. The van der Waals surface area contributed by atoms with Crippen molar-refractivity contribution in [2.45, 2.75) is 25.9 Å². The van der Waals surface area contributed by atoms with Gasteiger partial charge in [0.2, 0.25) is 0 Å². The van der Waals surface area contributed by atoms with E-state index in [0.29, 0.717) is 38.5 Å². The lowest BCUT2D eigenvalue weighted by Gasteiger charge is -2.14. The first-order chi connectivity index (χ1) is 19.3. The van der Waals surface area contributed by atoms with Crippen LogP contribution in [0.2, 0.25) is 0 Å². The Hall–Kier alpha value is -5.45. The van der Waals surface area contributed by atoms with Crippen LogP contribution in [-0.2, 0) is 32.3 Å². The molecule has 1 saturated heterocycles. The molecule has 4 heterocycles. The van der Waals surface area contributed by atoms with Crippen molar-refractivity contribution < 1.29 is 33.6 Å². The molecular formula is C29H20N4O7. The first-order valence-corrected chi connectivity index (χ1v) is 12.4. The van der Waals surface area contributed by atoms with Gasteiger partial charge in [-0.2, -0.15) is 0 Å². The summed E-state index contributed by atoms with van der Waals surface area (Å²) in [5.41, 5.74) is 2.49. The molecule has 0 aliphatic carbocycles. The molecular weight excluding hydrogens is 516 g/mol. The van der Waals surface area contributed by atoms with Gasteiger partial charge in [0.25, 0.3) is 29.4 Å². The van der Waals surface area contributed by atoms with Gasteiger partial charge in [-0.05, 0) is 30.3 Å². The molecule has 2 aliphatic rings. The number of nitrogens with zero attached hydrogens (tertiary/aromatic N) is 4. The van der Waals surface area contributed by atoms with Crippen molar-refractivity contribution in [2.75, 3.05) is 0 Å². The van der Waals surface area contributed by atoms with E-state index in [1.807, 2.05) is 0 Å². The van der Waals surface area contributed by atoms with Gasteiger partial charge in [-0.3, -0.25) is 33.9 Å². The Morgan fingerprint density at radius 1 is 0.750 bits per heavy atom. The third-order valence-electron chi connectivity index (χ3n) is 6.79. The number of aromatic nitrogens is 2. The van der Waals surface area contributed by atoms with E-state index < -0.39 is 23.6 Å². The number of imide groups is 2. The number of hydrogen-bond acceptors (Lipinski definition) is 8. The fourth-order valence-corrected chi connectivity index (χ4v) is 4.88. The summed E-state index contributed by atoms with van der Waals surface area (Å²) in [4.78, 5) is 85.3. The monoisotopic (exact) mass is 536 g/mol. The number of carbonyl (C=O) groups excluding carboxylic acids is 6. The Morgan fingerprint density at radius 2 is 1.35 bits per heavy atom. The molecule has 2 aliphatic heterocycles. The Kier molecular flexibility index (Phi) is 6.03. The van der Waals surface area contributed by atoms with Crippen molar-refractivity contribution in [3.63, 3.8) is 0 Å². The van der Waals surface area contributed by atoms with Crippen molar-refractivity contribution in [1.29, 1.82) is 0 Å². The molecule has 198 valence electrons. The van der Waals surface area contributed by atoms with E-state index >= 15 is 0 Å². The maximum absolute atomic E-state index is 13.0. The van der Waals surface area contributed by atoms with Crippen LogP contribution in [0, 0.1) is 0 Å². The third kappa shape index (κ3) is 4.23. The minimum Gasteiger partial charge on any atom is -0.341 e. The molecule has 4 amide bonds. The second-order valence-electron chi connectivity index (χ2n) is 9.34. The summed E-state index contributed by atoms with van der Waals surface area (Å²) in [5, 5.41) is 0.814. The van der Waals surface area contributed by atoms with Gasteiger partial charge >= 0.3 is 5.97 Å². The van der Waals surface area contributed by atoms with Gasteiger partial charge in [-0.1, -0.05) is 36.4 Å². The van der Waals surface area contributed by atoms with Crippen LogP contribution in [0.15, 0.2) is 72.9 Å². The Balaban J connectivity index is 1.24. The SMILES string of the molecule is O=C(ON1C(=O)CCC1=O)C(=O)c1cn(Cc2cccc(CN3C(=O)c4ccccc4C3=O)n2)c2ccccc12. The van der Waals surface area contributed by atoms with Crippen LogP contribution in [0.4, 0.5) is 0 Å². The zero-order chi connectivity index (χ0) is 28.0. The zero-order valence-corrected chi connectivity index (χ0v) is 20.9. The number of para-hydroxylation sites is 1. The molecule has 11 nitrogen and oxygen atoms in total. The lowest BCUT2D eigenvalue weighted by molar-refractivity contribution is -0.193. The summed E-state index contributed by atoms with van der Waals surface area (Å²) in [7, 11) is 0. The molecule has 4 aromatic rings. The molecule has 2 aromatic carbocycles. The van der Waals surface area contributed by atoms with Crippen molar-refractivity contribution in [1.82, 2.24) is 19.5 Å². The van der Waals surface area contributed by atoms with Gasteiger partial charge in [0.05, 0.1) is 41.2 Å². The standard InChI is InChI=1S/C29H20N4O7/c34-24-12-13-25(35)33(24)40-29(39)26(36)22-16-31(23-11-4-3-8-19(22)23)14-17-6-5-7-18(30-17)15-32-27(37)20-9-1-2-10-21(20)28(32)38/h1-11,16H,12-15H2. The normalized spacial score (nSPS) is 14.8. The average molecular weight is 537 g/mol. The van der Waals surface area contributed by atoms with E-state index in [2.05, 4.69) is 4.98 Å². The highest BCUT2D eigenvalue weighted by Crippen LogP contribution is 2.26. The molecule has 0 bridgehead atoms. The maximum Gasteiger partial charge on any atom is 0.404 e. The van der Waals surface area contributed by atoms with Gasteiger partial charge in [0.1, 0.15) is 0 Å². The summed E-state index contributed by atoms with van der Waals surface area (Å²) in [5.74, 6) is -4.46. The number of Topliss-reactive ketones (excluding diaryl/α,β-unsaturated/α-hetero) is 1. The van der Waals surface area contributed by atoms with Gasteiger partial charge in [-0.25, -0.2) is 4.79 Å². The number of hydroxylamine groups is 2. The molecule has 0 radical (unpaired) electrons. The summed E-state index contributed by atoms with van der Waals surface area (Å²) < 4.78 is 1.73. The van der Waals surface area contributed by atoms with Crippen molar-refractivity contribution in [3.8, 4) is 0 Å². The van der Waals surface area contributed by atoms with Gasteiger partial charge in [0.15, 0.2) is 0 Å². The van der Waals surface area contributed by atoms with E-state index in [9.17, 15) is 28.8 Å². The van der Waals surface area contributed by atoms with Crippen LogP contribution in [0.5, 0.6) is 0 Å². The van der Waals surface area contributed by atoms with Crippen molar-refractivity contribution in [3.05, 3.63) is 101 Å². The first-order valence-electron chi connectivity index (χ1n) is 12.4. The summed E-state index contributed by atoms with van der Waals surface area (Å²) in [6.45, 7) is 0.206. The number of pyridine rings is 1. The van der Waals surface area contributed by atoms with Gasteiger partial charge in [0, 0.05) is 29.9 Å². The zero-order valence-electron chi connectivity index (χ0n) is 20.9. The number of fused-ring (bicyclic) bond motifs is 2. The van der Waals surface area contributed by atoms with E-state index in [0.717, 1.165) is 4.90 Å². The first kappa shape index (κ1) is 24.9. The van der Waals surface area contributed by atoms with Crippen LogP contribution >= 0.6 is 0 Å². The van der Waals surface area contributed by atoms with Crippen LogP contribution < -0.4 is 0 Å². The van der Waals surface area contributed by atoms with Crippen LogP contribution in [0.25, 0.3) is 10.9 Å². The van der Waals surface area contributed by atoms with E-state index in [-0.39, 0.29) is 43.3 Å². The molecule has 0 spiro atoms. The fourth-order valence-electron chi connectivity index (χ4n) is 4.88. The average Bonchev–Trinajstić information content (AvgIpc) is 3.57. The molecule has 0 unspecified atom stereocenters. The number of amides is 4. The van der Waals surface area contributed by atoms with E-state index in [4.69, 9.17) is 4.84 Å². The number of carbonyl (C=O) groups is 6. The molecule has 0 N–H and O–H groups in total. The van der Waals surface area contributed by atoms with Crippen molar-refractivity contribution >= 4 is 46.3 Å². The Bertz CT molecular complexity index is 1720. The number of rotatable bonds is 7. The largest absolute Gasteiger partial charge is 0.404 e. The topological polar surface area (TPSA) is 136 Å². The smallest absolute Gasteiger partial charge is 0.341 e. The number of ketones is 1. The van der Waals surface area contributed by atoms with E-state index in [1.54, 1.807) is 71.3 Å². The quantitative estimate of drug-likeness (QED) is 0.200. The number of benzene rings is 2. The second-order valence-corrected chi connectivity index (χ2v) is 9.34. The minimum absolute atomic E-state index is 0.00384. The van der Waals surface area contributed by atoms with Gasteiger partial charge < -0.3 is 9.40 Å². The predicted molar refractivity (Wildman–Crippen MR) is 137 cm³/mol. The minimum atomic E-state index is -1.34. The molecule has 6 rings (SSSR count). The van der Waals surface area contributed by atoms with Gasteiger partial charge in [-0.15, -0.1) is 5.06 Å². The van der Waals surface area contributed by atoms with Crippen LogP contribution in [-0.4, -0.2) is 54.9 Å². The molecule has 2 aromatic heterocycles. The van der Waals surface area contributed by atoms with Crippen LogP contribution in [0.1, 0.15) is 55.3 Å². The lowest BCUT2D eigenvalue weighted by Crippen LogP contribution is -2.34. The van der Waals surface area contributed by atoms with E-state index in [1.165, 1.54) is 6.20 Å². The highest BCUT2D eigenvalue weighted by atomic mass is 16.7.